The normalized spacial score (nSPS) is 16.5. The first-order valence-electron chi connectivity index (χ1n) is 8.16. The van der Waals surface area contributed by atoms with Crippen molar-refractivity contribution in [1.82, 2.24) is 0 Å². The topological polar surface area (TPSA) is 75.7 Å². The summed E-state index contributed by atoms with van der Waals surface area (Å²) in [6.07, 6.45) is 0.0844. The zero-order chi connectivity index (χ0) is 19.4. The Hall–Kier alpha value is -2.32. The predicted octanol–water partition coefficient (Wildman–Crippen LogP) is 3.46. The Bertz CT molecular complexity index is 855. The van der Waals surface area contributed by atoms with Gasteiger partial charge in [0.25, 0.3) is 0 Å². The van der Waals surface area contributed by atoms with Gasteiger partial charge in [-0.15, -0.1) is 11.8 Å². The second-order valence-corrected chi connectivity index (χ2v) is 7.93. The van der Waals surface area contributed by atoms with Crippen molar-refractivity contribution in [1.29, 1.82) is 0 Å². The Labute approximate surface area is 169 Å². The fourth-order valence-electron chi connectivity index (χ4n) is 2.64. The van der Waals surface area contributed by atoms with Crippen LogP contribution in [0, 0.1) is 0 Å². The number of rotatable bonds is 6. The number of carbonyl (C=O) groups is 3. The van der Waals surface area contributed by atoms with Gasteiger partial charge < -0.3 is 10.1 Å². The van der Waals surface area contributed by atoms with Crippen LogP contribution < -0.4 is 15.0 Å². The van der Waals surface area contributed by atoms with Crippen LogP contribution in [0.5, 0.6) is 5.75 Å². The number of thioether (sulfide) groups is 1. The molecule has 3 amide bonds. The molecule has 140 valence electrons. The van der Waals surface area contributed by atoms with E-state index in [-0.39, 0.29) is 29.9 Å². The third kappa shape index (κ3) is 4.70. The highest BCUT2D eigenvalue weighted by Gasteiger charge is 2.40. The monoisotopic (exact) mass is 448 g/mol. The standard InChI is InChI=1S/C19H17BrN2O4S/c1-26-15-8-6-14(7-9-15)22-18(24)10-16(19(22)25)27-11-17(23)21-13-4-2-12(20)3-5-13/h2-9,16H,10-11H2,1H3,(H,21,23)/t16-/m1/s1. The Kier molecular flexibility index (Phi) is 6.18. The van der Waals surface area contributed by atoms with Crippen LogP contribution in [-0.4, -0.2) is 35.8 Å². The third-order valence-electron chi connectivity index (χ3n) is 3.98. The molecule has 0 aromatic heterocycles. The summed E-state index contributed by atoms with van der Waals surface area (Å²) >= 11 is 4.51. The summed E-state index contributed by atoms with van der Waals surface area (Å²) in [7, 11) is 1.55. The second kappa shape index (κ2) is 8.58. The fourth-order valence-corrected chi connectivity index (χ4v) is 3.84. The van der Waals surface area contributed by atoms with Crippen LogP contribution in [0.4, 0.5) is 11.4 Å². The lowest BCUT2D eigenvalue weighted by Crippen LogP contribution is -2.31. The molecular formula is C19H17BrN2O4S. The molecule has 2 aromatic rings. The van der Waals surface area contributed by atoms with E-state index >= 15 is 0 Å². The van der Waals surface area contributed by atoms with E-state index in [0.29, 0.717) is 17.1 Å². The molecule has 0 bridgehead atoms. The zero-order valence-electron chi connectivity index (χ0n) is 14.5. The van der Waals surface area contributed by atoms with E-state index in [1.54, 1.807) is 43.5 Å². The van der Waals surface area contributed by atoms with Gasteiger partial charge in [0.05, 0.1) is 23.8 Å². The van der Waals surface area contributed by atoms with E-state index in [4.69, 9.17) is 4.74 Å². The molecule has 27 heavy (non-hydrogen) atoms. The number of hydrogen-bond donors (Lipinski definition) is 1. The highest BCUT2D eigenvalue weighted by atomic mass is 79.9. The zero-order valence-corrected chi connectivity index (χ0v) is 16.9. The van der Waals surface area contributed by atoms with Crippen LogP contribution in [0.25, 0.3) is 0 Å². The van der Waals surface area contributed by atoms with Crippen molar-refractivity contribution in [3.8, 4) is 5.75 Å². The number of imide groups is 1. The number of amides is 3. The molecule has 1 fully saturated rings. The average Bonchev–Trinajstić information content (AvgIpc) is 2.95. The Morgan fingerprint density at radius 1 is 1.19 bits per heavy atom. The SMILES string of the molecule is COc1ccc(N2C(=O)C[C@@H](SCC(=O)Nc3ccc(Br)cc3)C2=O)cc1. The molecule has 2 aromatic carbocycles. The number of nitrogens with one attached hydrogen (secondary N) is 1. The highest BCUT2D eigenvalue weighted by molar-refractivity contribution is 9.10. The minimum absolute atomic E-state index is 0.0844. The number of nitrogens with zero attached hydrogens (tertiary/aromatic N) is 1. The molecule has 3 rings (SSSR count). The van der Waals surface area contributed by atoms with Crippen LogP contribution in [0.3, 0.4) is 0 Å². The summed E-state index contributed by atoms with van der Waals surface area (Å²) < 4.78 is 6.01. The van der Waals surface area contributed by atoms with Crippen molar-refractivity contribution in [2.45, 2.75) is 11.7 Å². The molecule has 0 aliphatic carbocycles. The van der Waals surface area contributed by atoms with Gasteiger partial charge in [-0.2, -0.15) is 0 Å². The number of methoxy groups -OCH3 is 1. The first kappa shape index (κ1) is 19.4. The molecule has 1 saturated heterocycles. The number of ether oxygens (including phenoxy) is 1. The summed E-state index contributed by atoms with van der Waals surface area (Å²) in [6, 6.07) is 13.9. The van der Waals surface area contributed by atoms with Crippen molar-refractivity contribution < 1.29 is 19.1 Å². The number of benzene rings is 2. The van der Waals surface area contributed by atoms with Crippen LogP contribution >= 0.6 is 27.7 Å². The average molecular weight is 449 g/mol. The molecule has 1 N–H and O–H groups in total. The van der Waals surface area contributed by atoms with Gasteiger partial charge in [0, 0.05) is 16.6 Å². The number of carbonyl (C=O) groups excluding carboxylic acids is 3. The minimum atomic E-state index is -0.560. The van der Waals surface area contributed by atoms with E-state index in [9.17, 15) is 14.4 Å². The third-order valence-corrected chi connectivity index (χ3v) is 5.71. The second-order valence-electron chi connectivity index (χ2n) is 5.82. The molecule has 0 radical (unpaired) electrons. The minimum Gasteiger partial charge on any atom is -0.497 e. The van der Waals surface area contributed by atoms with Gasteiger partial charge in [-0.05, 0) is 48.5 Å². The van der Waals surface area contributed by atoms with Crippen molar-refractivity contribution in [3.63, 3.8) is 0 Å². The lowest BCUT2D eigenvalue weighted by atomic mass is 10.3. The van der Waals surface area contributed by atoms with Gasteiger partial charge in [0.1, 0.15) is 5.75 Å². The molecule has 1 aliphatic heterocycles. The smallest absolute Gasteiger partial charge is 0.247 e. The quantitative estimate of drug-likeness (QED) is 0.684. The molecule has 8 heteroatoms. The molecular weight excluding hydrogens is 432 g/mol. The molecule has 6 nitrogen and oxygen atoms in total. The molecule has 0 unspecified atom stereocenters. The van der Waals surface area contributed by atoms with E-state index < -0.39 is 5.25 Å². The van der Waals surface area contributed by atoms with Gasteiger partial charge in [-0.1, -0.05) is 15.9 Å². The Balaban J connectivity index is 1.57. The van der Waals surface area contributed by atoms with Crippen LogP contribution in [0.1, 0.15) is 6.42 Å². The van der Waals surface area contributed by atoms with Crippen molar-refractivity contribution >= 4 is 56.8 Å². The maximum atomic E-state index is 12.6. The first-order chi connectivity index (χ1) is 13.0. The van der Waals surface area contributed by atoms with Gasteiger partial charge in [0.2, 0.25) is 17.7 Å². The molecule has 1 aliphatic rings. The van der Waals surface area contributed by atoms with Crippen LogP contribution in [0.15, 0.2) is 53.0 Å². The summed E-state index contributed by atoms with van der Waals surface area (Å²) in [6.45, 7) is 0. The number of halogens is 1. The van der Waals surface area contributed by atoms with E-state index in [0.717, 1.165) is 4.47 Å². The first-order valence-corrected chi connectivity index (χ1v) is 10.00. The largest absolute Gasteiger partial charge is 0.497 e. The highest BCUT2D eigenvalue weighted by Crippen LogP contribution is 2.30. The van der Waals surface area contributed by atoms with E-state index in [1.165, 1.54) is 16.7 Å². The maximum Gasteiger partial charge on any atom is 0.247 e. The van der Waals surface area contributed by atoms with Crippen LogP contribution in [0.2, 0.25) is 0 Å². The molecule has 0 saturated carbocycles. The van der Waals surface area contributed by atoms with Crippen LogP contribution in [-0.2, 0) is 14.4 Å². The summed E-state index contributed by atoms with van der Waals surface area (Å²) in [4.78, 5) is 38.1. The molecule has 1 atom stereocenters. The summed E-state index contributed by atoms with van der Waals surface area (Å²) in [5, 5.41) is 2.21. The van der Waals surface area contributed by atoms with E-state index in [2.05, 4.69) is 21.2 Å². The van der Waals surface area contributed by atoms with Gasteiger partial charge in [-0.25, -0.2) is 4.90 Å². The van der Waals surface area contributed by atoms with Crippen molar-refractivity contribution in [2.24, 2.45) is 0 Å². The fraction of sp³-hybridized carbons (Fsp3) is 0.211. The van der Waals surface area contributed by atoms with Gasteiger partial charge in [-0.3, -0.25) is 14.4 Å². The lowest BCUT2D eigenvalue weighted by Gasteiger charge is -2.15. The Morgan fingerprint density at radius 3 is 2.48 bits per heavy atom. The molecule has 0 spiro atoms. The van der Waals surface area contributed by atoms with Crippen molar-refractivity contribution in [3.05, 3.63) is 53.0 Å². The number of hydrogen-bond acceptors (Lipinski definition) is 5. The molecule has 1 heterocycles. The summed E-state index contributed by atoms with van der Waals surface area (Å²) in [5.74, 6) is -0.0441. The summed E-state index contributed by atoms with van der Waals surface area (Å²) in [5.41, 5.74) is 1.19. The Morgan fingerprint density at radius 2 is 1.85 bits per heavy atom. The number of anilines is 2. The predicted molar refractivity (Wildman–Crippen MR) is 109 cm³/mol. The van der Waals surface area contributed by atoms with Gasteiger partial charge >= 0.3 is 0 Å². The lowest BCUT2D eigenvalue weighted by molar-refractivity contribution is -0.121. The van der Waals surface area contributed by atoms with E-state index in [1.807, 2.05) is 12.1 Å². The van der Waals surface area contributed by atoms with Crippen molar-refractivity contribution in [2.75, 3.05) is 23.1 Å². The van der Waals surface area contributed by atoms with Gasteiger partial charge in [0.15, 0.2) is 0 Å². The maximum absolute atomic E-state index is 12.6.